The predicted molar refractivity (Wildman–Crippen MR) is 83.0 cm³/mol. The van der Waals surface area contributed by atoms with Crippen LogP contribution >= 0.6 is 0 Å². The second kappa shape index (κ2) is 8.74. The van der Waals surface area contributed by atoms with Gasteiger partial charge in [-0.2, -0.15) is 0 Å². The van der Waals surface area contributed by atoms with Gasteiger partial charge in [0.15, 0.2) is 0 Å². The van der Waals surface area contributed by atoms with E-state index in [4.69, 9.17) is 9.47 Å². The normalized spacial score (nSPS) is 27.6. The molecule has 4 heteroatoms. The highest BCUT2D eigenvalue weighted by Gasteiger charge is 2.33. The third-order valence-corrected chi connectivity index (χ3v) is 4.55. The topological polar surface area (TPSA) is 55.8 Å². The van der Waals surface area contributed by atoms with Gasteiger partial charge in [-0.05, 0) is 50.9 Å². The van der Waals surface area contributed by atoms with Crippen molar-refractivity contribution in [3.05, 3.63) is 0 Å². The quantitative estimate of drug-likeness (QED) is 0.699. The summed E-state index contributed by atoms with van der Waals surface area (Å²) in [5, 5.41) is 9.85. The second-order valence-corrected chi connectivity index (χ2v) is 6.93. The molecule has 21 heavy (non-hydrogen) atoms. The first-order chi connectivity index (χ1) is 9.86. The molecule has 1 aliphatic carbocycles. The molecule has 0 amide bonds. The molecule has 1 saturated carbocycles. The van der Waals surface area contributed by atoms with Crippen molar-refractivity contribution >= 4 is 5.97 Å². The minimum Gasteiger partial charge on any atom is -0.463 e. The molecule has 1 aliphatic rings. The van der Waals surface area contributed by atoms with Gasteiger partial charge in [0.25, 0.3) is 0 Å². The number of hydrogen-bond donors (Lipinski definition) is 1. The lowest BCUT2D eigenvalue weighted by Gasteiger charge is -2.39. The Morgan fingerprint density at radius 3 is 2.43 bits per heavy atom. The molecule has 1 unspecified atom stereocenters. The van der Waals surface area contributed by atoms with Crippen LogP contribution in [0.5, 0.6) is 0 Å². The van der Waals surface area contributed by atoms with E-state index in [2.05, 4.69) is 20.8 Å². The molecule has 0 bridgehead atoms. The van der Waals surface area contributed by atoms with Gasteiger partial charge in [-0.15, -0.1) is 0 Å². The Kier molecular flexibility index (Phi) is 7.67. The van der Waals surface area contributed by atoms with Gasteiger partial charge in [-0.1, -0.05) is 20.8 Å². The Hall–Kier alpha value is -0.610. The van der Waals surface area contributed by atoms with E-state index in [1.165, 1.54) is 12.8 Å². The number of esters is 1. The van der Waals surface area contributed by atoms with Crippen molar-refractivity contribution in [2.75, 3.05) is 13.2 Å². The fourth-order valence-electron chi connectivity index (χ4n) is 2.87. The van der Waals surface area contributed by atoms with E-state index in [9.17, 15) is 9.90 Å². The van der Waals surface area contributed by atoms with Gasteiger partial charge in [0.05, 0.1) is 12.2 Å². The zero-order chi connectivity index (χ0) is 15.9. The zero-order valence-corrected chi connectivity index (χ0v) is 14.1. The Balaban J connectivity index is 2.23. The van der Waals surface area contributed by atoms with Crippen molar-refractivity contribution in [1.82, 2.24) is 0 Å². The maximum Gasteiger partial charge on any atom is 0.305 e. The molecule has 4 nitrogen and oxygen atoms in total. The van der Waals surface area contributed by atoms with Crippen molar-refractivity contribution in [2.24, 2.45) is 11.8 Å². The molecular formula is C17H32O4. The molecular weight excluding hydrogens is 268 g/mol. The van der Waals surface area contributed by atoms with Gasteiger partial charge in [-0.3, -0.25) is 4.79 Å². The van der Waals surface area contributed by atoms with Crippen LogP contribution in [0.15, 0.2) is 0 Å². The first-order valence-electron chi connectivity index (χ1n) is 8.34. The summed E-state index contributed by atoms with van der Waals surface area (Å²) in [6.07, 6.45) is 4.90. The summed E-state index contributed by atoms with van der Waals surface area (Å²) in [4.78, 5) is 11.2. The molecule has 0 spiro atoms. The Bertz CT molecular complexity index is 306. The van der Waals surface area contributed by atoms with Crippen LogP contribution in [-0.4, -0.2) is 36.0 Å². The molecule has 0 aromatic rings. The van der Waals surface area contributed by atoms with E-state index in [1.54, 1.807) is 0 Å². The molecule has 0 saturated heterocycles. The van der Waals surface area contributed by atoms with Gasteiger partial charge in [-0.25, -0.2) is 0 Å². The number of ether oxygens (including phenoxy) is 2. The van der Waals surface area contributed by atoms with Crippen LogP contribution in [0.1, 0.15) is 66.2 Å². The van der Waals surface area contributed by atoms with Gasteiger partial charge in [0, 0.05) is 6.42 Å². The molecule has 124 valence electrons. The SMILES string of the molecule is CCCC(=O)OCC(O)COC1(C)CCC(C(C)C)CC1. The van der Waals surface area contributed by atoms with E-state index in [0.717, 1.165) is 31.1 Å². The molecule has 1 atom stereocenters. The summed E-state index contributed by atoms with van der Waals surface area (Å²) >= 11 is 0. The standard InChI is InChI=1S/C17H32O4/c1-5-6-16(19)20-11-15(18)12-21-17(4)9-7-14(8-10-17)13(2)3/h13-15,18H,5-12H2,1-4H3. The highest BCUT2D eigenvalue weighted by molar-refractivity contribution is 5.69. The van der Waals surface area contributed by atoms with Crippen LogP contribution in [0, 0.1) is 11.8 Å². The molecule has 1 N–H and O–H groups in total. The molecule has 0 heterocycles. The summed E-state index contributed by atoms with van der Waals surface area (Å²) in [5.41, 5.74) is -0.139. The fourth-order valence-corrected chi connectivity index (χ4v) is 2.87. The van der Waals surface area contributed by atoms with Crippen molar-refractivity contribution in [3.8, 4) is 0 Å². The Labute approximate surface area is 129 Å². The first kappa shape index (κ1) is 18.4. The minimum atomic E-state index is -0.731. The monoisotopic (exact) mass is 300 g/mol. The van der Waals surface area contributed by atoms with E-state index >= 15 is 0 Å². The molecule has 1 fully saturated rings. The summed E-state index contributed by atoms with van der Waals surface area (Å²) in [6, 6.07) is 0. The molecule has 0 aromatic heterocycles. The van der Waals surface area contributed by atoms with Crippen LogP contribution < -0.4 is 0 Å². The van der Waals surface area contributed by atoms with Crippen LogP contribution in [0.25, 0.3) is 0 Å². The van der Waals surface area contributed by atoms with Crippen LogP contribution in [0.2, 0.25) is 0 Å². The van der Waals surface area contributed by atoms with Crippen molar-refractivity contribution in [1.29, 1.82) is 0 Å². The number of rotatable bonds is 8. The average Bonchev–Trinajstić information content (AvgIpc) is 2.44. The molecule has 1 rings (SSSR count). The van der Waals surface area contributed by atoms with Crippen LogP contribution in [0.4, 0.5) is 0 Å². The number of carbonyl (C=O) groups excluding carboxylic acids is 1. The van der Waals surface area contributed by atoms with E-state index in [1.807, 2.05) is 6.92 Å². The number of aliphatic hydroxyl groups excluding tert-OH is 1. The van der Waals surface area contributed by atoms with Crippen LogP contribution in [-0.2, 0) is 14.3 Å². The van der Waals surface area contributed by atoms with Crippen LogP contribution in [0.3, 0.4) is 0 Å². The lowest BCUT2D eigenvalue weighted by molar-refractivity contribution is -0.150. The summed E-state index contributed by atoms with van der Waals surface area (Å²) in [5.74, 6) is 1.28. The van der Waals surface area contributed by atoms with Crippen molar-refractivity contribution in [2.45, 2.75) is 77.9 Å². The Morgan fingerprint density at radius 2 is 1.90 bits per heavy atom. The number of hydrogen-bond acceptors (Lipinski definition) is 4. The van der Waals surface area contributed by atoms with Crippen molar-refractivity contribution in [3.63, 3.8) is 0 Å². The smallest absolute Gasteiger partial charge is 0.305 e. The van der Waals surface area contributed by atoms with E-state index in [-0.39, 0.29) is 24.8 Å². The molecule has 0 radical (unpaired) electrons. The fraction of sp³-hybridized carbons (Fsp3) is 0.941. The third kappa shape index (κ3) is 6.79. The van der Waals surface area contributed by atoms with Gasteiger partial charge in [0.1, 0.15) is 12.7 Å². The highest BCUT2D eigenvalue weighted by Crippen LogP contribution is 2.37. The van der Waals surface area contributed by atoms with Gasteiger partial charge < -0.3 is 14.6 Å². The molecule has 0 aliphatic heterocycles. The minimum absolute atomic E-state index is 0.0313. The third-order valence-electron chi connectivity index (χ3n) is 4.55. The number of aliphatic hydroxyl groups is 1. The van der Waals surface area contributed by atoms with Gasteiger partial charge >= 0.3 is 5.97 Å². The van der Waals surface area contributed by atoms with E-state index < -0.39 is 6.10 Å². The lowest BCUT2D eigenvalue weighted by Crippen LogP contribution is -2.38. The zero-order valence-electron chi connectivity index (χ0n) is 14.1. The molecule has 0 aromatic carbocycles. The maximum atomic E-state index is 11.2. The second-order valence-electron chi connectivity index (χ2n) is 6.93. The van der Waals surface area contributed by atoms with E-state index in [0.29, 0.717) is 6.42 Å². The number of carbonyl (C=O) groups is 1. The summed E-state index contributed by atoms with van der Waals surface area (Å²) < 4.78 is 10.9. The summed E-state index contributed by atoms with van der Waals surface area (Å²) in [6.45, 7) is 8.88. The van der Waals surface area contributed by atoms with Crippen molar-refractivity contribution < 1.29 is 19.4 Å². The first-order valence-corrected chi connectivity index (χ1v) is 8.34. The highest BCUT2D eigenvalue weighted by atomic mass is 16.6. The summed E-state index contributed by atoms with van der Waals surface area (Å²) in [7, 11) is 0. The van der Waals surface area contributed by atoms with Gasteiger partial charge in [0.2, 0.25) is 0 Å². The Morgan fingerprint density at radius 1 is 1.29 bits per heavy atom. The predicted octanol–water partition coefficient (Wildman–Crippen LogP) is 3.31. The lowest BCUT2D eigenvalue weighted by atomic mass is 9.75. The average molecular weight is 300 g/mol. The largest absolute Gasteiger partial charge is 0.463 e. The maximum absolute atomic E-state index is 11.2.